The maximum atomic E-state index is 12.9. The summed E-state index contributed by atoms with van der Waals surface area (Å²) in [5.74, 6) is -0.265. The normalized spacial score (nSPS) is 10.4. The fourth-order valence-corrected chi connectivity index (χ4v) is 3.06. The van der Waals surface area contributed by atoms with Crippen molar-refractivity contribution in [3.8, 4) is 0 Å². The minimum absolute atomic E-state index is 0.139. The van der Waals surface area contributed by atoms with Crippen LogP contribution in [-0.4, -0.2) is 19.0 Å². The highest BCUT2D eigenvalue weighted by Crippen LogP contribution is 2.23. The topological polar surface area (TPSA) is 84.7 Å². The highest BCUT2D eigenvalue weighted by Gasteiger charge is 2.16. The van der Waals surface area contributed by atoms with Gasteiger partial charge in [0.1, 0.15) is 6.61 Å². The van der Waals surface area contributed by atoms with Crippen LogP contribution in [0.25, 0.3) is 0 Å². The van der Waals surface area contributed by atoms with Gasteiger partial charge in [-0.05, 0) is 41.5 Å². The van der Waals surface area contributed by atoms with E-state index in [4.69, 9.17) is 22.1 Å². The Morgan fingerprint density at radius 2 is 1.70 bits per heavy atom. The minimum atomic E-state index is -0.634. The van der Waals surface area contributed by atoms with E-state index < -0.39 is 6.09 Å². The first-order chi connectivity index (χ1) is 14.5. The molecule has 0 radical (unpaired) electrons. The molecule has 2 amide bonds. The molecule has 30 heavy (non-hydrogen) atoms. The van der Waals surface area contributed by atoms with E-state index in [9.17, 15) is 9.59 Å². The van der Waals surface area contributed by atoms with Crippen molar-refractivity contribution in [2.75, 3.05) is 17.3 Å². The molecule has 0 fully saturated rings. The summed E-state index contributed by atoms with van der Waals surface area (Å²) in [6.45, 7) is 0.572. The molecule has 0 saturated carbocycles. The number of hydrogen-bond acceptors (Lipinski definition) is 4. The Hall–Kier alpha value is -3.35. The number of carbonyl (C=O) groups is 2. The van der Waals surface area contributed by atoms with Crippen LogP contribution in [0, 0.1) is 0 Å². The molecule has 3 rings (SSSR count). The molecule has 0 atom stereocenters. The van der Waals surface area contributed by atoms with Crippen LogP contribution in [0.1, 0.15) is 21.5 Å². The molecule has 0 spiro atoms. The van der Waals surface area contributed by atoms with Gasteiger partial charge in [0, 0.05) is 35.6 Å². The van der Waals surface area contributed by atoms with Crippen molar-refractivity contribution in [2.24, 2.45) is 5.73 Å². The quantitative estimate of drug-likeness (QED) is 0.595. The van der Waals surface area contributed by atoms with Gasteiger partial charge in [-0.25, -0.2) is 4.79 Å². The smallest absolute Gasteiger partial charge is 0.411 e. The molecule has 3 aromatic carbocycles. The van der Waals surface area contributed by atoms with Gasteiger partial charge in [0.25, 0.3) is 5.91 Å². The molecule has 7 heteroatoms. The van der Waals surface area contributed by atoms with E-state index in [0.29, 0.717) is 28.5 Å². The molecule has 0 aliphatic rings. The number of carbonyl (C=O) groups excluding carboxylic acids is 2. The predicted molar refractivity (Wildman–Crippen MR) is 119 cm³/mol. The maximum Gasteiger partial charge on any atom is 0.411 e. The standard InChI is InChI=1S/C23H22ClN3O3/c1-27(21-9-7-16(14-25)8-10-21)22(28)18-11-19(24)13-20(12-18)26-23(29)30-15-17-5-3-2-4-6-17/h2-13H,14-15,25H2,1H3,(H,26,29). The number of anilines is 2. The average molecular weight is 424 g/mol. The second-order valence-electron chi connectivity index (χ2n) is 6.65. The van der Waals surface area contributed by atoms with Crippen molar-refractivity contribution in [3.63, 3.8) is 0 Å². The molecule has 0 aromatic heterocycles. The van der Waals surface area contributed by atoms with Gasteiger partial charge in [-0.1, -0.05) is 54.1 Å². The minimum Gasteiger partial charge on any atom is -0.444 e. The first-order valence-corrected chi connectivity index (χ1v) is 9.69. The third kappa shape index (κ3) is 5.59. The van der Waals surface area contributed by atoms with Crippen LogP contribution in [-0.2, 0) is 17.9 Å². The number of hydrogen-bond donors (Lipinski definition) is 2. The average Bonchev–Trinajstić information content (AvgIpc) is 2.77. The van der Waals surface area contributed by atoms with Gasteiger partial charge in [-0.15, -0.1) is 0 Å². The molecule has 0 unspecified atom stereocenters. The fourth-order valence-electron chi connectivity index (χ4n) is 2.83. The Morgan fingerprint density at radius 1 is 1.00 bits per heavy atom. The number of ether oxygens (including phenoxy) is 1. The summed E-state index contributed by atoms with van der Waals surface area (Å²) in [5, 5.41) is 2.94. The summed E-state index contributed by atoms with van der Waals surface area (Å²) in [7, 11) is 1.67. The maximum absolute atomic E-state index is 12.9. The van der Waals surface area contributed by atoms with Crippen molar-refractivity contribution in [1.82, 2.24) is 0 Å². The summed E-state index contributed by atoms with van der Waals surface area (Å²) >= 11 is 6.16. The Morgan fingerprint density at radius 3 is 2.37 bits per heavy atom. The van der Waals surface area contributed by atoms with Gasteiger partial charge in [-0.3, -0.25) is 10.1 Å². The predicted octanol–water partition coefficient (Wildman–Crippen LogP) is 4.82. The molecule has 6 nitrogen and oxygen atoms in total. The van der Waals surface area contributed by atoms with Gasteiger partial charge in [0.2, 0.25) is 0 Å². The second-order valence-corrected chi connectivity index (χ2v) is 7.09. The monoisotopic (exact) mass is 423 g/mol. The van der Waals surface area contributed by atoms with Crippen molar-refractivity contribution in [2.45, 2.75) is 13.2 Å². The lowest BCUT2D eigenvalue weighted by Gasteiger charge is -2.18. The van der Waals surface area contributed by atoms with Crippen LogP contribution in [0.2, 0.25) is 5.02 Å². The Kier molecular flexibility index (Phi) is 7.06. The van der Waals surface area contributed by atoms with E-state index in [0.717, 1.165) is 11.1 Å². The number of amides is 2. The highest BCUT2D eigenvalue weighted by atomic mass is 35.5. The first-order valence-electron chi connectivity index (χ1n) is 9.31. The van der Waals surface area contributed by atoms with Gasteiger partial charge >= 0.3 is 6.09 Å². The van der Waals surface area contributed by atoms with Gasteiger partial charge in [0.05, 0.1) is 0 Å². The lowest BCUT2D eigenvalue weighted by molar-refractivity contribution is 0.0993. The third-order valence-corrected chi connectivity index (χ3v) is 4.69. The molecule has 154 valence electrons. The molecule has 0 saturated heterocycles. The summed E-state index contributed by atoms with van der Waals surface area (Å²) < 4.78 is 5.21. The fraction of sp³-hybridized carbons (Fsp3) is 0.130. The van der Waals surface area contributed by atoms with E-state index in [2.05, 4.69) is 5.32 Å². The third-order valence-electron chi connectivity index (χ3n) is 4.47. The zero-order chi connectivity index (χ0) is 21.5. The van der Waals surface area contributed by atoms with Gasteiger partial charge in [0.15, 0.2) is 0 Å². The Bertz CT molecular complexity index is 1020. The number of benzene rings is 3. The Labute approximate surface area is 180 Å². The zero-order valence-corrected chi connectivity index (χ0v) is 17.2. The second kappa shape index (κ2) is 9.91. The highest BCUT2D eigenvalue weighted by molar-refractivity contribution is 6.31. The zero-order valence-electron chi connectivity index (χ0n) is 16.5. The molecular formula is C23H22ClN3O3. The van der Waals surface area contributed by atoms with E-state index in [1.54, 1.807) is 25.2 Å². The number of nitrogens with two attached hydrogens (primary N) is 1. The van der Waals surface area contributed by atoms with Crippen molar-refractivity contribution in [1.29, 1.82) is 0 Å². The molecule has 0 bridgehead atoms. The first kappa shape index (κ1) is 21.4. The van der Waals surface area contributed by atoms with Crippen molar-refractivity contribution < 1.29 is 14.3 Å². The lowest BCUT2D eigenvalue weighted by Crippen LogP contribution is -2.26. The SMILES string of the molecule is CN(C(=O)c1cc(Cl)cc(NC(=O)OCc2ccccc2)c1)c1ccc(CN)cc1. The van der Waals surface area contributed by atoms with Crippen LogP contribution in [0.3, 0.4) is 0 Å². The van der Waals surface area contributed by atoms with Crippen LogP contribution in [0.15, 0.2) is 72.8 Å². The largest absolute Gasteiger partial charge is 0.444 e. The Balaban J connectivity index is 1.68. The molecule has 0 aliphatic heterocycles. The number of nitrogens with zero attached hydrogens (tertiary/aromatic N) is 1. The van der Waals surface area contributed by atoms with E-state index in [1.165, 1.54) is 4.90 Å². The molecular weight excluding hydrogens is 402 g/mol. The molecule has 0 heterocycles. The summed E-state index contributed by atoms with van der Waals surface area (Å²) in [4.78, 5) is 26.5. The van der Waals surface area contributed by atoms with Crippen LogP contribution >= 0.6 is 11.6 Å². The van der Waals surface area contributed by atoms with E-state index in [-0.39, 0.29) is 12.5 Å². The van der Waals surface area contributed by atoms with Gasteiger partial charge < -0.3 is 15.4 Å². The molecule has 0 aliphatic carbocycles. The number of rotatable bonds is 6. The van der Waals surface area contributed by atoms with Crippen LogP contribution < -0.4 is 16.0 Å². The summed E-state index contributed by atoms with van der Waals surface area (Å²) in [6.07, 6.45) is -0.634. The van der Waals surface area contributed by atoms with Crippen LogP contribution in [0.4, 0.5) is 16.2 Å². The van der Waals surface area contributed by atoms with Crippen molar-refractivity contribution >= 4 is 35.0 Å². The summed E-state index contributed by atoms with van der Waals surface area (Å²) in [6, 6.07) is 21.4. The molecule has 3 aromatic rings. The molecule has 3 N–H and O–H groups in total. The van der Waals surface area contributed by atoms with Crippen LogP contribution in [0.5, 0.6) is 0 Å². The number of nitrogens with one attached hydrogen (secondary N) is 1. The van der Waals surface area contributed by atoms with Crippen molar-refractivity contribution in [3.05, 3.63) is 94.5 Å². The lowest BCUT2D eigenvalue weighted by atomic mass is 10.1. The number of halogens is 1. The van der Waals surface area contributed by atoms with E-state index >= 15 is 0 Å². The van der Waals surface area contributed by atoms with Gasteiger partial charge in [-0.2, -0.15) is 0 Å². The van der Waals surface area contributed by atoms with E-state index in [1.807, 2.05) is 54.6 Å². The summed E-state index contributed by atoms with van der Waals surface area (Å²) in [5.41, 5.74) is 8.89.